The Morgan fingerprint density at radius 2 is 1.85 bits per heavy atom. The van der Waals surface area contributed by atoms with Gasteiger partial charge in [0.25, 0.3) is 5.78 Å². The molecule has 1 aromatic heterocycles. The number of thioether (sulfide) groups is 1. The number of rotatable bonds is 13. The third-order valence-electron chi connectivity index (χ3n) is 8.08. The van der Waals surface area contributed by atoms with Gasteiger partial charge in [-0.1, -0.05) is 61.1 Å². The average Bonchev–Trinajstić information content (AvgIpc) is 3.77. The van der Waals surface area contributed by atoms with Gasteiger partial charge in [-0.05, 0) is 79.4 Å². The second-order valence-corrected chi connectivity index (χ2v) is 13.8. The number of nitrogens with zero attached hydrogens (tertiary/aromatic N) is 3. The average molecular weight is 690 g/mol. The first kappa shape index (κ1) is 33.5. The van der Waals surface area contributed by atoms with E-state index in [1.165, 1.54) is 28.8 Å². The predicted octanol–water partition coefficient (Wildman–Crippen LogP) is 7.89. The Hall–Kier alpha value is -4.42. The lowest BCUT2D eigenvalue weighted by atomic mass is 9.94. The zero-order valence-corrected chi connectivity index (χ0v) is 28.5. The number of ether oxygens (including phenoxy) is 3. The van der Waals surface area contributed by atoms with Crippen molar-refractivity contribution in [1.29, 1.82) is 0 Å². The van der Waals surface area contributed by atoms with Gasteiger partial charge in [-0.15, -0.1) is 10.2 Å². The van der Waals surface area contributed by atoms with Crippen LogP contribution in [0, 0.1) is 5.82 Å². The van der Waals surface area contributed by atoms with Crippen LogP contribution in [0.15, 0.2) is 70.6 Å². The maximum absolute atomic E-state index is 13.8. The number of ketones is 1. The first-order chi connectivity index (χ1) is 23.3. The van der Waals surface area contributed by atoms with Crippen molar-refractivity contribution in [3.05, 3.63) is 94.3 Å². The summed E-state index contributed by atoms with van der Waals surface area (Å²) in [6.45, 7) is 6.85. The first-order valence-electron chi connectivity index (χ1n) is 16.0. The summed E-state index contributed by atoms with van der Waals surface area (Å²) < 4.78 is 31.8. The minimum atomic E-state index is -1.02. The number of carbonyl (C=O) groups excluding carboxylic acids is 2. The van der Waals surface area contributed by atoms with Crippen molar-refractivity contribution in [3.63, 3.8) is 0 Å². The van der Waals surface area contributed by atoms with E-state index in [0.717, 1.165) is 47.5 Å². The number of Topliss-reactive ketones (excluding diaryl/α,β-unsaturated/α-hetero) is 1. The van der Waals surface area contributed by atoms with E-state index in [1.807, 2.05) is 13.8 Å². The molecule has 0 unspecified atom stereocenters. The van der Waals surface area contributed by atoms with Crippen LogP contribution in [0.1, 0.15) is 68.3 Å². The summed E-state index contributed by atoms with van der Waals surface area (Å²) in [7, 11) is 0. The van der Waals surface area contributed by atoms with Gasteiger partial charge >= 0.3 is 5.91 Å². The van der Waals surface area contributed by atoms with Crippen molar-refractivity contribution in [2.24, 2.45) is 0 Å². The molecule has 2 aliphatic heterocycles. The SMILES string of the molecule is CCCCCOc1ccc([C@H]2C(=C(O)c3ccc4c(c3)C[C@H](C)O4)C(=O)C(=O)N2c2nnc(SCc3ccc(F)cc3)s2)cc1OCC. The van der Waals surface area contributed by atoms with Crippen LogP contribution in [-0.2, 0) is 21.8 Å². The Labute approximate surface area is 286 Å². The van der Waals surface area contributed by atoms with Gasteiger partial charge in [-0.3, -0.25) is 14.5 Å². The fourth-order valence-electron chi connectivity index (χ4n) is 5.77. The number of benzene rings is 3. The highest BCUT2D eigenvalue weighted by Crippen LogP contribution is 2.46. The van der Waals surface area contributed by atoms with Gasteiger partial charge in [-0.25, -0.2) is 4.39 Å². The van der Waals surface area contributed by atoms with Crippen molar-refractivity contribution in [2.45, 2.75) is 68.7 Å². The molecule has 2 aliphatic rings. The lowest BCUT2D eigenvalue weighted by molar-refractivity contribution is -0.132. The molecule has 3 aromatic carbocycles. The minimum absolute atomic E-state index is 0.00445. The minimum Gasteiger partial charge on any atom is -0.507 e. The maximum Gasteiger partial charge on any atom is 0.301 e. The van der Waals surface area contributed by atoms with Crippen LogP contribution in [0.3, 0.4) is 0 Å². The number of anilines is 1. The molecule has 48 heavy (non-hydrogen) atoms. The highest BCUT2D eigenvalue weighted by atomic mass is 32.2. The molecule has 0 radical (unpaired) electrons. The molecule has 1 fully saturated rings. The lowest BCUT2D eigenvalue weighted by Gasteiger charge is -2.23. The fourth-order valence-corrected chi connectivity index (χ4v) is 7.59. The largest absolute Gasteiger partial charge is 0.507 e. The van der Waals surface area contributed by atoms with E-state index < -0.39 is 17.7 Å². The van der Waals surface area contributed by atoms with E-state index in [9.17, 15) is 19.1 Å². The number of fused-ring (bicyclic) bond motifs is 1. The molecule has 1 amide bonds. The molecule has 2 atom stereocenters. The number of aliphatic hydroxyl groups is 1. The highest BCUT2D eigenvalue weighted by molar-refractivity contribution is 8.00. The molecule has 12 heteroatoms. The van der Waals surface area contributed by atoms with Crippen molar-refractivity contribution in [3.8, 4) is 17.2 Å². The Morgan fingerprint density at radius 1 is 1.04 bits per heavy atom. The Kier molecular flexibility index (Phi) is 10.3. The topological polar surface area (TPSA) is 111 Å². The van der Waals surface area contributed by atoms with Crippen LogP contribution in [0.25, 0.3) is 5.76 Å². The molecule has 9 nitrogen and oxygen atoms in total. The molecular weight excluding hydrogens is 654 g/mol. The van der Waals surface area contributed by atoms with E-state index in [-0.39, 0.29) is 28.4 Å². The highest BCUT2D eigenvalue weighted by Gasteiger charge is 2.48. The van der Waals surface area contributed by atoms with Crippen LogP contribution < -0.4 is 19.1 Å². The van der Waals surface area contributed by atoms with Gasteiger partial charge in [0.1, 0.15) is 23.4 Å². The fraction of sp³-hybridized carbons (Fsp3) is 0.333. The van der Waals surface area contributed by atoms with Crippen LogP contribution in [0.2, 0.25) is 0 Å². The van der Waals surface area contributed by atoms with Crippen molar-refractivity contribution < 1.29 is 33.3 Å². The number of aliphatic hydroxyl groups excluding tert-OH is 1. The Morgan fingerprint density at radius 3 is 2.62 bits per heavy atom. The molecule has 4 aromatic rings. The summed E-state index contributed by atoms with van der Waals surface area (Å²) in [5.41, 5.74) is 2.68. The standard InChI is InChI=1S/C36H36FN3O6S2/c1-4-6-7-16-45-28-15-10-23(19-29(28)44-5-2)31-30(32(41)24-11-14-27-25(18-24)17-21(3)46-27)33(42)34(43)40(31)35-38-39-36(48-35)47-20-22-8-12-26(37)13-9-22/h8-15,18-19,21,31,41H,4-7,16-17,20H2,1-3H3/t21-,31-/m0/s1. The summed E-state index contributed by atoms with van der Waals surface area (Å²) >= 11 is 2.54. The number of aromatic nitrogens is 2. The number of halogens is 1. The third kappa shape index (κ3) is 7.05. The van der Waals surface area contributed by atoms with Gasteiger partial charge in [-0.2, -0.15) is 0 Å². The predicted molar refractivity (Wildman–Crippen MR) is 184 cm³/mol. The molecular formula is C36H36FN3O6S2. The second-order valence-electron chi connectivity index (χ2n) is 11.6. The Balaban J connectivity index is 1.39. The normalized spacial score (nSPS) is 18.2. The van der Waals surface area contributed by atoms with E-state index in [1.54, 1.807) is 48.5 Å². The summed E-state index contributed by atoms with van der Waals surface area (Å²) in [6, 6.07) is 15.7. The van der Waals surface area contributed by atoms with Crippen LogP contribution in [0.5, 0.6) is 17.2 Å². The van der Waals surface area contributed by atoms with Crippen molar-refractivity contribution >= 4 is 45.7 Å². The van der Waals surface area contributed by atoms with E-state index >= 15 is 0 Å². The second kappa shape index (κ2) is 14.8. The third-order valence-corrected chi connectivity index (χ3v) is 10.2. The summed E-state index contributed by atoms with van der Waals surface area (Å²) in [5.74, 6) is -0.0215. The van der Waals surface area contributed by atoms with Gasteiger partial charge in [0.05, 0.1) is 24.8 Å². The molecule has 0 aliphatic carbocycles. The molecule has 3 heterocycles. The van der Waals surface area contributed by atoms with Gasteiger partial charge in [0, 0.05) is 17.7 Å². The molecule has 250 valence electrons. The quantitative estimate of drug-likeness (QED) is 0.0374. The number of hydrogen-bond donors (Lipinski definition) is 1. The van der Waals surface area contributed by atoms with Crippen molar-refractivity contribution in [2.75, 3.05) is 18.1 Å². The summed E-state index contributed by atoms with van der Waals surface area (Å²) in [5, 5.41) is 20.5. The lowest BCUT2D eigenvalue weighted by Crippen LogP contribution is -2.29. The van der Waals surface area contributed by atoms with Gasteiger partial charge in [0.15, 0.2) is 15.8 Å². The number of hydrogen-bond acceptors (Lipinski definition) is 10. The summed E-state index contributed by atoms with van der Waals surface area (Å²) in [6.07, 6.45) is 3.65. The zero-order chi connectivity index (χ0) is 33.8. The number of amides is 1. The summed E-state index contributed by atoms with van der Waals surface area (Å²) in [4.78, 5) is 28.9. The van der Waals surface area contributed by atoms with E-state index in [4.69, 9.17) is 14.2 Å². The molecule has 0 saturated carbocycles. The molecule has 1 saturated heterocycles. The number of carbonyl (C=O) groups is 2. The molecule has 1 N–H and O–H groups in total. The maximum atomic E-state index is 13.8. The molecule has 6 rings (SSSR count). The molecule has 0 bridgehead atoms. The first-order valence-corrected chi connectivity index (χ1v) is 17.8. The van der Waals surface area contributed by atoms with Gasteiger partial charge < -0.3 is 19.3 Å². The smallest absolute Gasteiger partial charge is 0.301 e. The van der Waals surface area contributed by atoms with Crippen LogP contribution in [-0.4, -0.2) is 46.3 Å². The van der Waals surface area contributed by atoms with Crippen LogP contribution in [0.4, 0.5) is 9.52 Å². The molecule has 0 spiro atoms. The van der Waals surface area contributed by atoms with Crippen molar-refractivity contribution in [1.82, 2.24) is 10.2 Å². The van der Waals surface area contributed by atoms with Crippen LogP contribution >= 0.6 is 23.1 Å². The van der Waals surface area contributed by atoms with E-state index in [2.05, 4.69) is 17.1 Å². The zero-order valence-electron chi connectivity index (χ0n) is 26.9. The Bertz CT molecular complexity index is 1840. The monoisotopic (exact) mass is 689 g/mol. The van der Waals surface area contributed by atoms with E-state index in [0.29, 0.717) is 52.4 Å². The number of unbranched alkanes of at least 4 members (excludes halogenated alkanes) is 2. The van der Waals surface area contributed by atoms with Gasteiger partial charge in [0.2, 0.25) is 5.13 Å².